The summed E-state index contributed by atoms with van der Waals surface area (Å²) in [6, 6.07) is 6.14. The molecule has 0 aromatic heterocycles. The third-order valence-electron chi connectivity index (χ3n) is 5.57. The zero-order valence-electron chi connectivity index (χ0n) is 23.0. The van der Waals surface area contributed by atoms with E-state index in [0.717, 1.165) is 18.4 Å². The van der Waals surface area contributed by atoms with Gasteiger partial charge in [-0.15, -0.1) is 0 Å². The highest BCUT2D eigenvalue weighted by atomic mass is 16.6. The molecule has 1 aromatic rings. The Balaban J connectivity index is 3.35. The van der Waals surface area contributed by atoms with Gasteiger partial charge in [-0.2, -0.15) is 0 Å². The number of methoxy groups -OCH3 is 1. The molecule has 0 saturated heterocycles. The molecule has 9 heteroatoms. The molecule has 2 atom stereocenters. The van der Waals surface area contributed by atoms with Crippen molar-refractivity contribution < 1.29 is 28.7 Å². The van der Waals surface area contributed by atoms with Gasteiger partial charge in [0.2, 0.25) is 11.8 Å². The summed E-state index contributed by atoms with van der Waals surface area (Å²) in [5, 5.41) is 5.10. The lowest BCUT2D eigenvalue weighted by Gasteiger charge is -2.36. The first-order valence-electron chi connectivity index (χ1n) is 12.5. The van der Waals surface area contributed by atoms with Crippen LogP contribution in [0, 0.1) is 5.92 Å². The quantitative estimate of drug-likeness (QED) is 0.418. The minimum absolute atomic E-state index is 0.319. The molecule has 0 radical (unpaired) electrons. The first-order valence-corrected chi connectivity index (χ1v) is 12.5. The average molecular weight is 506 g/mol. The molecule has 0 aliphatic heterocycles. The highest BCUT2D eigenvalue weighted by Crippen LogP contribution is 2.27. The summed E-state index contributed by atoms with van der Waals surface area (Å²) in [5.41, 5.74) is 0.982. The Kier molecular flexibility index (Phi) is 12.4. The lowest BCUT2D eigenvalue weighted by atomic mass is 9.97. The van der Waals surface area contributed by atoms with E-state index in [9.17, 15) is 19.2 Å². The SMILES string of the molecule is CCc1ccc(C(C(=O)NCC(=O)OC)N(C(=O)CNC(=O)OC(C)(C)C)C(C)CCC(C)C)cc1. The van der Waals surface area contributed by atoms with Gasteiger partial charge in [0.25, 0.3) is 0 Å². The van der Waals surface area contributed by atoms with Crippen molar-refractivity contribution >= 4 is 23.9 Å². The van der Waals surface area contributed by atoms with E-state index in [1.54, 1.807) is 20.8 Å². The molecule has 9 nitrogen and oxygen atoms in total. The number of alkyl carbamates (subject to hydrolysis) is 1. The van der Waals surface area contributed by atoms with E-state index < -0.39 is 35.5 Å². The topological polar surface area (TPSA) is 114 Å². The van der Waals surface area contributed by atoms with Crippen LogP contribution in [0.25, 0.3) is 0 Å². The summed E-state index contributed by atoms with van der Waals surface area (Å²) < 4.78 is 9.90. The number of hydrogen-bond acceptors (Lipinski definition) is 6. The smallest absolute Gasteiger partial charge is 0.408 e. The van der Waals surface area contributed by atoms with Crippen LogP contribution in [0.4, 0.5) is 4.79 Å². The fourth-order valence-electron chi connectivity index (χ4n) is 3.61. The Morgan fingerprint density at radius 2 is 1.56 bits per heavy atom. The van der Waals surface area contributed by atoms with Gasteiger partial charge in [-0.05, 0) is 64.0 Å². The molecule has 0 bridgehead atoms. The van der Waals surface area contributed by atoms with Gasteiger partial charge >= 0.3 is 12.1 Å². The molecule has 0 fully saturated rings. The van der Waals surface area contributed by atoms with Crippen molar-refractivity contribution in [3.05, 3.63) is 35.4 Å². The van der Waals surface area contributed by atoms with E-state index in [4.69, 9.17) is 4.74 Å². The number of amides is 3. The van der Waals surface area contributed by atoms with Crippen LogP contribution in [-0.2, 0) is 30.3 Å². The number of carbonyl (C=O) groups excluding carboxylic acids is 4. The van der Waals surface area contributed by atoms with E-state index in [2.05, 4.69) is 29.2 Å². The van der Waals surface area contributed by atoms with E-state index in [1.165, 1.54) is 12.0 Å². The number of aryl methyl sites for hydroxylation is 1. The van der Waals surface area contributed by atoms with Gasteiger partial charge in [-0.1, -0.05) is 45.0 Å². The maximum atomic E-state index is 13.5. The summed E-state index contributed by atoms with van der Waals surface area (Å²) >= 11 is 0. The standard InChI is InChI=1S/C27H43N3O6/c1-9-20-12-14-21(15-13-20)24(25(33)28-17-23(32)35-8)30(19(4)11-10-18(2)3)22(31)16-29-26(34)36-27(5,6)7/h12-15,18-19,24H,9-11,16-17H2,1-8H3,(H,28,33)(H,29,34). The Morgan fingerprint density at radius 3 is 2.06 bits per heavy atom. The van der Waals surface area contributed by atoms with Gasteiger partial charge in [-0.3, -0.25) is 14.4 Å². The van der Waals surface area contributed by atoms with E-state index in [-0.39, 0.29) is 19.1 Å². The van der Waals surface area contributed by atoms with Crippen molar-refractivity contribution in [2.75, 3.05) is 20.2 Å². The van der Waals surface area contributed by atoms with Crippen LogP contribution in [0.3, 0.4) is 0 Å². The van der Waals surface area contributed by atoms with Crippen molar-refractivity contribution in [2.24, 2.45) is 5.92 Å². The predicted octanol–water partition coefficient (Wildman–Crippen LogP) is 3.76. The minimum Gasteiger partial charge on any atom is -0.468 e. The van der Waals surface area contributed by atoms with Crippen molar-refractivity contribution in [2.45, 2.75) is 85.4 Å². The van der Waals surface area contributed by atoms with Crippen LogP contribution in [0.2, 0.25) is 0 Å². The molecule has 3 amide bonds. The minimum atomic E-state index is -1.00. The van der Waals surface area contributed by atoms with Gasteiger partial charge < -0.3 is 25.0 Å². The van der Waals surface area contributed by atoms with Crippen LogP contribution < -0.4 is 10.6 Å². The van der Waals surface area contributed by atoms with Crippen LogP contribution in [0.15, 0.2) is 24.3 Å². The molecular weight excluding hydrogens is 462 g/mol. The fraction of sp³-hybridized carbons (Fsp3) is 0.630. The Bertz CT molecular complexity index is 876. The Hall–Kier alpha value is -3.10. The summed E-state index contributed by atoms with van der Waals surface area (Å²) in [7, 11) is 1.24. The number of benzene rings is 1. The second-order valence-corrected chi connectivity index (χ2v) is 10.3. The predicted molar refractivity (Wildman–Crippen MR) is 138 cm³/mol. The number of nitrogens with zero attached hydrogens (tertiary/aromatic N) is 1. The molecule has 0 aliphatic carbocycles. The van der Waals surface area contributed by atoms with E-state index in [1.807, 2.05) is 38.1 Å². The molecule has 2 N–H and O–H groups in total. The second-order valence-electron chi connectivity index (χ2n) is 10.3. The van der Waals surface area contributed by atoms with Gasteiger partial charge in [0, 0.05) is 6.04 Å². The molecular formula is C27H43N3O6. The molecule has 1 aromatic carbocycles. The average Bonchev–Trinajstić information content (AvgIpc) is 2.81. The third kappa shape index (κ3) is 10.7. The zero-order chi connectivity index (χ0) is 27.5. The highest BCUT2D eigenvalue weighted by molar-refractivity contribution is 5.92. The first-order chi connectivity index (χ1) is 16.8. The maximum Gasteiger partial charge on any atom is 0.408 e. The first kappa shape index (κ1) is 30.9. The van der Waals surface area contributed by atoms with Gasteiger partial charge in [0.15, 0.2) is 0 Å². The number of carbonyl (C=O) groups is 4. The number of rotatable bonds is 12. The molecule has 0 spiro atoms. The number of esters is 1. The molecule has 0 aliphatic rings. The lowest BCUT2D eigenvalue weighted by Crippen LogP contribution is -2.51. The fourth-order valence-corrected chi connectivity index (χ4v) is 3.61. The molecule has 0 heterocycles. The highest BCUT2D eigenvalue weighted by Gasteiger charge is 2.35. The maximum absolute atomic E-state index is 13.5. The molecule has 0 saturated carbocycles. The summed E-state index contributed by atoms with van der Waals surface area (Å²) in [6.45, 7) is 12.6. The third-order valence-corrected chi connectivity index (χ3v) is 5.57. The summed E-state index contributed by atoms with van der Waals surface area (Å²) in [6.07, 6.45) is 1.61. The lowest BCUT2D eigenvalue weighted by molar-refractivity contribution is -0.145. The van der Waals surface area contributed by atoms with Crippen molar-refractivity contribution in [3.8, 4) is 0 Å². The van der Waals surface area contributed by atoms with Crippen molar-refractivity contribution in [1.82, 2.24) is 15.5 Å². The van der Waals surface area contributed by atoms with Gasteiger partial charge in [0.1, 0.15) is 24.7 Å². The van der Waals surface area contributed by atoms with Crippen LogP contribution in [0.1, 0.15) is 78.5 Å². The van der Waals surface area contributed by atoms with E-state index in [0.29, 0.717) is 17.9 Å². The molecule has 202 valence electrons. The number of hydrogen-bond donors (Lipinski definition) is 2. The zero-order valence-corrected chi connectivity index (χ0v) is 23.0. The second kappa shape index (κ2) is 14.5. The van der Waals surface area contributed by atoms with Crippen LogP contribution in [-0.4, -0.2) is 60.6 Å². The molecule has 1 rings (SSSR count). The largest absolute Gasteiger partial charge is 0.468 e. The van der Waals surface area contributed by atoms with Crippen molar-refractivity contribution in [1.29, 1.82) is 0 Å². The Morgan fingerprint density at radius 1 is 0.944 bits per heavy atom. The normalized spacial score (nSPS) is 12.9. The molecule has 2 unspecified atom stereocenters. The number of nitrogens with one attached hydrogen (secondary N) is 2. The van der Waals surface area contributed by atoms with Crippen molar-refractivity contribution in [3.63, 3.8) is 0 Å². The van der Waals surface area contributed by atoms with Crippen LogP contribution in [0.5, 0.6) is 0 Å². The molecule has 36 heavy (non-hydrogen) atoms. The Labute approximate surface area is 215 Å². The summed E-state index contributed by atoms with van der Waals surface area (Å²) in [4.78, 5) is 52.3. The summed E-state index contributed by atoms with van der Waals surface area (Å²) in [5.74, 6) is -1.14. The van der Waals surface area contributed by atoms with Crippen LogP contribution >= 0.6 is 0 Å². The van der Waals surface area contributed by atoms with Gasteiger partial charge in [-0.25, -0.2) is 4.79 Å². The van der Waals surface area contributed by atoms with E-state index >= 15 is 0 Å². The monoisotopic (exact) mass is 505 g/mol. The van der Waals surface area contributed by atoms with Gasteiger partial charge in [0.05, 0.1) is 7.11 Å². The number of ether oxygens (including phenoxy) is 2.